The smallest absolute Gasteiger partial charge is 0.323 e. The van der Waals surface area contributed by atoms with Gasteiger partial charge in [-0.05, 0) is 58.0 Å². The normalized spacial score (nSPS) is 25.0. The molecule has 0 atom stereocenters. The molecule has 2 saturated carbocycles. The zero-order valence-electron chi connectivity index (χ0n) is 12.4. The Hall–Kier alpha value is -0.610. The standard InChI is InChI=1S/C15H28N2O2/c1-17(2)12-11-16-15(13(18)19)9-7-14(8-10-15)5-3-4-6-14/h16H,3-12H2,1-2H3,(H,18,19). The van der Waals surface area contributed by atoms with Crippen LogP contribution in [0.3, 0.4) is 0 Å². The molecule has 0 aromatic carbocycles. The third-order valence-electron chi connectivity index (χ3n) is 5.26. The van der Waals surface area contributed by atoms with E-state index in [1.54, 1.807) is 0 Å². The number of likely N-dealkylation sites (N-methyl/N-ethyl adjacent to an activating group) is 1. The third kappa shape index (κ3) is 3.29. The molecule has 0 aromatic rings. The highest BCUT2D eigenvalue weighted by molar-refractivity contribution is 5.79. The van der Waals surface area contributed by atoms with Crippen LogP contribution in [0.4, 0.5) is 0 Å². The maximum atomic E-state index is 11.7. The molecule has 0 aromatic heterocycles. The van der Waals surface area contributed by atoms with Crippen LogP contribution in [-0.2, 0) is 4.79 Å². The summed E-state index contributed by atoms with van der Waals surface area (Å²) in [5, 5.41) is 12.9. The van der Waals surface area contributed by atoms with Crippen molar-refractivity contribution in [1.29, 1.82) is 0 Å². The maximum Gasteiger partial charge on any atom is 0.323 e. The number of carboxylic acid groups (broad SMARTS) is 1. The Balaban J connectivity index is 1.92. The van der Waals surface area contributed by atoms with Gasteiger partial charge < -0.3 is 15.3 Å². The van der Waals surface area contributed by atoms with Crippen molar-refractivity contribution in [2.24, 2.45) is 5.41 Å². The van der Waals surface area contributed by atoms with Crippen LogP contribution in [0.15, 0.2) is 0 Å². The number of aliphatic carboxylic acids is 1. The Kier molecular flexibility index (Phi) is 4.51. The first-order valence-corrected chi connectivity index (χ1v) is 7.61. The van der Waals surface area contributed by atoms with E-state index in [4.69, 9.17) is 0 Å². The van der Waals surface area contributed by atoms with Gasteiger partial charge in [-0.3, -0.25) is 4.79 Å². The summed E-state index contributed by atoms with van der Waals surface area (Å²) in [5.74, 6) is -0.654. The number of rotatable bonds is 5. The van der Waals surface area contributed by atoms with E-state index in [0.29, 0.717) is 5.41 Å². The largest absolute Gasteiger partial charge is 0.480 e. The minimum atomic E-state index is -0.663. The van der Waals surface area contributed by atoms with Gasteiger partial charge in [0.2, 0.25) is 0 Å². The van der Waals surface area contributed by atoms with E-state index >= 15 is 0 Å². The Labute approximate surface area is 116 Å². The first-order chi connectivity index (χ1) is 8.98. The lowest BCUT2D eigenvalue weighted by Crippen LogP contribution is -2.56. The van der Waals surface area contributed by atoms with Gasteiger partial charge in [0.15, 0.2) is 0 Å². The Bertz CT molecular complexity index is 312. The second-order valence-electron chi connectivity index (χ2n) is 6.82. The van der Waals surface area contributed by atoms with Crippen LogP contribution >= 0.6 is 0 Å². The minimum absolute atomic E-state index is 0.488. The fourth-order valence-electron chi connectivity index (χ4n) is 3.82. The SMILES string of the molecule is CN(C)CCNC1(C(=O)O)CCC2(CCCC2)CC1. The number of nitrogens with one attached hydrogen (secondary N) is 1. The summed E-state index contributed by atoms with van der Waals surface area (Å²) in [6.07, 6.45) is 9.11. The van der Waals surface area contributed by atoms with Crippen LogP contribution in [-0.4, -0.2) is 48.7 Å². The molecule has 0 unspecified atom stereocenters. The van der Waals surface area contributed by atoms with Crippen molar-refractivity contribution in [1.82, 2.24) is 10.2 Å². The minimum Gasteiger partial charge on any atom is -0.480 e. The van der Waals surface area contributed by atoms with Gasteiger partial charge in [0.05, 0.1) is 0 Å². The van der Waals surface area contributed by atoms with E-state index in [1.165, 1.54) is 25.7 Å². The molecule has 0 radical (unpaired) electrons. The lowest BCUT2D eigenvalue weighted by molar-refractivity contribution is -0.147. The van der Waals surface area contributed by atoms with Crippen LogP contribution in [0.2, 0.25) is 0 Å². The number of nitrogens with zero attached hydrogens (tertiary/aromatic N) is 1. The van der Waals surface area contributed by atoms with Gasteiger partial charge in [0.1, 0.15) is 5.54 Å². The van der Waals surface area contributed by atoms with Crippen molar-refractivity contribution < 1.29 is 9.90 Å². The molecule has 2 aliphatic carbocycles. The summed E-state index contributed by atoms with van der Waals surface area (Å²) >= 11 is 0. The predicted molar refractivity (Wildman–Crippen MR) is 76.3 cm³/mol. The van der Waals surface area contributed by atoms with E-state index in [2.05, 4.69) is 10.2 Å². The molecule has 0 amide bonds. The summed E-state index contributed by atoms with van der Waals surface area (Å²) in [5.41, 5.74) is -0.175. The number of carbonyl (C=O) groups is 1. The van der Waals surface area contributed by atoms with Crippen molar-refractivity contribution in [3.05, 3.63) is 0 Å². The number of hydrogen-bond donors (Lipinski definition) is 2. The molecule has 0 aliphatic heterocycles. The van der Waals surface area contributed by atoms with Gasteiger partial charge in [-0.15, -0.1) is 0 Å². The van der Waals surface area contributed by atoms with Gasteiger partial charge >= 0.3 is 5.97 Å². The summed E-state index contributed by atoms with van der Waals surface area (Å²) in [6.45, 7) is 1.65. The van der Waals surface area contributed by atoms with E-state index in [1.807, 2.05) is 14.1 Å². The summed E-state index contributed by atoms with van der Waals surface area (Å²) in [7, 11) is 4.03. The average molecular weight is 268 g/mol. The van der Waals surface area contributed by atoms with Crippen LogP contribution in [0.25, 0.3) is 0 Å². The van der Waals surface area contributed by atoms with Crippen LogP contribution < -0.4 is 5.32 Å². The molecule has 4 heteroatoms. The van der Waals surface area contributed by atoms with E-state index in [-0.39, 0.29) is 0 Å². The van der Waals surface area contributed by atoms with Crippen molar-refractivity contribution in [3.8, 4) is 0 Å². The topological polar surface area (TPSA) is 52.6 Å². The molecular weight excluding hydrogens is 240 g/mol. The van der Waals surface area contributed by atoms with E-state index < -0.39 is 11.5 Å². The van der Waals surface area contributed by atoms with Gasteiger partial charge in [0, 0.05) is 13.1 Å². The first-order valence-electron chi connectivity index (χ1n) is 7.61. The van der Waals surface area contributed by atoms with Crippen molar-refractivity contribution in [2.45, 2.75) is 56.9 Å². The second kappa shape index (κ2) is 5.80. The van der Waals surface area contributed by atoms with Crippen molar-refractivity contribution in [2.75, 3.05) is 27.2 Å². The third-order valence-corrected chi connectivity index (χ3v) is 5.26. The van der Waals surface area contributed by atoms with Gasteiger partial charge in [-0.1, -0.05) is 12.8 Å². The van der Waals surface area contributed by atoms with Crippen LogP contribution in [0, 0.1) is 5.41 Å². The quantitative estimate of drug-likeness (QED) is 0.802. The lowest BCUT2D eigenvalue weighted by atomic mass is 9.66. The summed E-state index contributed by atoms with van der Waals surface area (Å²) in [6, 6.07) is 0. The predicted octanol–water partition coefficient (Wildman–Crippen LogP) is 2.10. The highest BCUT2D eigenvalue weighted by atomic mass is 16.4. The zero-order valence-corrected chi connectivity index (χ0v) is 12.4. The molecule has 0 heterocycles. The molecule has 2 N–H and O–H groups in total. The fourth-order valence-corrected chi connectivity index (χ4v) is 3.82. The Morgan fingerprint density at radius 1 is 1.11 bits per heavy atom. The molecule has 2 aliphatic rings. The molecular formula is C15H28N2O2. The average Bonchev–Trinajstić information content (AvgIpc) is 2.80. The summed E-state index contributed by atoms with van der Waals surface area (Å²) < 4.78 is 0. The number of hydrogen-bond acceptors (Lipinski definition) is 3. The maximum absolute atomic E-state index is 11.7. The molecule has 4 nitrogen and oxygen atoms in total. The monoisotopic (exact) mass is 268 g/mol. The highest BCUT2D eigenvalue weighted by Gasteiger charge is 2.47. The zero-order chi connectivity index (χ0) is 13.9. The van der Waals surface area contributed by atoms with Gasteiger partial charge in [-0.25, -0.2) is 0 Å². The van der Waals surface area contributed by atoms with Gasteiger partial charge in [-0.2, -0.15) is 0 Å². The molecule has 1 spiro atoms. The molecule has 110 valence electrons. The van der Waals surface area contributed by atoms with Crippen molar-refractivity contribution >= 4 is 5.97 Å². The Morgan fingerprint density at radius 3 is 2.16 bits per heavy atom. The van der Waals surface area contributed by atoms with E-state index in [9.17, 15) is 9.90 Å². The molecule has 0 saturated heterocycles. The Morgan fingerprint density at radius 2 is 1.68 bits per heavy atom. The fraction of sp³-hybridized carbons (Fsp3) is 0.933. The molecule has 0 bridgehead atoms. The highest BCUT2D eigenvalue weighted by Crippen LogP contribution is 2.51. The number of carboxylic acids is 1. The van der Waals surface area contributed by atoms with E-state index in [0.717, 1.165) is 38.8 Å². The lowest BCUT2D eigenvalue weighted by Gasteiger charge is -2.43. The molecule has 2 fully saturated rings. The second-order valence-corrected chi connectivity index (χ2v) is 6.82. The van der Waals surface area contributed by atoms with Gasteiger partial charge in [0.25, 0.3) is 0 Å². The van der Waals surface area contributed by atoms with Crippen LogP contribution in [0.1, 0.15) is 51.4 Å². The van der Waals surface area contributed by atoms with Crippen LogP contribution in [0.5, 0.6) is 0 Å². The van der Waals surface area contributed by atoms with Crippen molar-refractivity contribution in [3.63, 3.8) is 0 Å². The molecule has 2 rings (SSSR count). The molecule has 19 heavy (non-hydrogen) atoms. The summed E-state index contributed by atoms with van der Waals surface area (Å²) in [4.78, 5) is 13.8. The first kappa shape index (κ1) is 14.8.